The van der Waals surface area contributed by atoms with Crippen LogP contribution >= 0.6 is 15.9 Å². The molecule has 4 heteroatoms. The lowest BCUT2D eigenvalue weighted by Gasteiger charge is -2.02. The molecule has 64 valence electrons. The first kappa shape index (κ1) is 7.89. The Morgan fingerprint density at radius 1 is 1.58 bits per heavy atom. The van der Waals surface area contributed by atoms with Gasteiger partial charge in [0.1, 0.15) is 6.61 Å². The number of hydrogen-bond acceptors (Lipinski definition) is 3. The Hall–Kier alpha value is -0.740. The molecule has 1 aromatic carbocycles. The van der Waals surface area contributed by atoms with E-state index in [1.54, 1.807) is 6.07 Å². The Bertz CT molecular complexity index is 327. The Kier molecular flexibility index (Phi) is 1.73. The molecule has 2 rings (SSSR count). The van der Waals surface area contributed by atoms with Crippen molar-refractivity contribution >= 4 is 15.9 Å². The lowest BCUT2D eigenvalue weighted by atomic mass is 10.1. The molecule has 1 atom stereocenters. The standard InChI is InChI=1S/C8H8BrNO2/c9-4-1-5-6(10)3-12-8(5)7(11)2-4/h1-2,6,11H,3,10H2. The molecule has 1 heterocycles. The van der Waals surface area contributed by atoms with Gasteiger partial charge in [-0.25, -0.2) is 0 Å². The minimum absolute atomic E-state index is 0.122. The smallest absolute Gasteiger partial charge is 0.165 e. The van der Waals surface area contributed by atoms with Crippen LogP contribution in [-0.4, -0.2) is 11.7 Å². The molecule has 0 saturated carbocycles. The van der Waals surface area contributed by atoms with Gasteiger partial charge in [-0.15, -0.1) is 0 Å². The van der Waals surface area contributed by atoms with Crippen molar-refractivity contribution in [1.29, 1.82) is 0 Å². The van der Waals surface area contributed by atoms with E-state index >= 15 is 0 Å². The normalized spacial score (nSPS) is 20.3. The van der Waals surface area contributed by atoms with Gasteiger partial charge < -0.3 is 15.6 Å². The van der Waals surface area contributed by atoms with Crippen LogP contribution < -0.4 is 10.5 Å². The molecular formula is C8H8BrNO2. The molecule has 1 aliphatic heterocycles. The maximum absolute atomic E-state index is 9.42. The summed E-state index contributed by atoms with van der Waals surface area (Å²) in [5.41, 5.74) is 6.59. The van der Waals surface area contributed by atoms with Crippen molar-refractivity contribution in [1.82, 2.24) is 0 Å². The van der Waals surface area contributed by atoms with Crippen molar-refractivity contribution in [3.05, 3.63) is 22.2 Å². The fourth-order valence-corrected chi connectivity index (χ4v) is 1.76. The Morgan fingerprint density at radius 3 is 3.08 bits per heavy atom. The number of nitrogens with two attached hydrogens (primary N) is 1. The molecule has 0 saturated heterocycles. The second-order valence-corrected chi connectivity index (χ2v) is 3.68. The minimum Gasteiger partial charge on any atom is -0.504 e. The Balaban J connectivity index is 2.60. The van der Waals surface area contributed by atoms with Crippen molar-refractivity contribution in [3.63, 3.8) is 0 Å². The average molecular weight is 230 g/mol. The van der Waals surface area contributed by atoms with Crippen LogP contribution in [0.5, 0.6) is 11.5 Å². The van der Waals surface area contributed by atoms with Gasteiger partial charge in [-0.1, -0.05) is 15.9 Å². The monoisotopic (exact) mass is 229 g/mol. The summed E-state index contributed by atoms with van der Waals surface area (Å²) in [6.45, 7) is 0.444. The summed E-state index contributed by atoms with van der Waals surface area (Å²) in [4.78, 5) is 0. The summed E-state index contributed by atoms with van der Waals surface area (Å²) in [5.74, 6) is 0.665. The number of phenols is 1. The topological polar surface area (TPSA) is 55.5 Å². The van der Waals surface area contributed by atoms with E-state index in [-0.39, 0.29) is 11.8 Å². The van der Waals surface area contributed by atoms with Crippen molar-refractivity contribution in [2.45, 2.75) is 6.04 Å². The summed E-state index contributed by atoms with van der Waals surface area (Å²) in [6, 6.07) is 3.34. The van der Waals surface area contributed by atoms with Crippen LogP contribution in [0.4, 0.5) is 0 Å². The van der Waals surface area contributed by atoms with Gasteiger partial charge in [-0.3, -0.25) is 0 Å². The first-order valence-electron chi connectivity index (χ1n) is 3.59. The highest BCUT2D eigenvalue weighted by molar-refractivity contribution is 9.10. The quantitative estimate of drug-likeness (QED) is 0.710. The first-order valence-corrected chi connectivity index (χ1v) is 4.38. The fraction of sp³-hybridized carbons (Fsp3) is 0.250. The Morgan fingerprint density at radius 2 is 2.33 bits per heavy atom. The number of ether oxygens (including phenoxy) is 1. The van der Waals surface area contributed by atoms with Crippen LogP contribution in [0.3, 0.4) is 0 Å². The zero-order valence-electron chi connectivity index (χ0n) is 6.25. The van der Waals surface area contributed by atoms with E-state index in [2.05, 4.69) is 15.9 Å². The highest BCUT2D eigenvalue weighted by atomic mass is 79.9. The molecule has 3 N–H and O–H groups in total. The van der Waals surface area contributed by atoms with E-state index in [0.29, 0.717) is 12.4 Å². The molecule has 0 spiro atoms. The van der Waals surface area contributed by atoms with Gasteiger partial charge in [0.15, 0.2) is 11.5 Å². The highest BCUT2D eigenvalue weighted by Crippen LogP contribution is 2.40. The lowest BCUT2D eigenvalue weighted by molar-refractivity contribution is 0.317. The largest absolute Gasteiger partial charge is 0.504 e. The predicted molar refractivity (Wildman–Crippen MR) is 48.2 cm³/mol. The zero-order valence-corrected chi connectivity index (χ0v) is 7.84. The lowest BCUT2D eigenvalue weighted by Crippen LogP contribution is -2.10. The summed E-state index contributed by atoms with van der Waals surface area (Å²) in [6.07, 6.45) is 0. The van der Waals surface area contributed by atoms with Crippen molar-refractivity contribution < 1.29 is 9.84 Å². The van der Waals surface area contributed by atoms with Crippen LogP contribution in [0.2, 0.25) is 0 Å². The molecule has 12 heavy (non-hydrogen) atoms. The molecular weight excluding hydrogens is 222 g/mol. The van der Waals surface area contributed by atoms with Gasteiger partial charge in [0, 0.05) is 10.0 Å². The third-order valence-electron chi connectivity index (χ3n) is 1.87. The van der Waals surface area contributed by atoms with Gasteiger partial charge in [-0.05, 0) is 12.1 Å². The van der Waals surface area contributed by atoms with Gasteiger partial charge in [0.05, 0.1) is 6.04 Å². The second kappa shape index (κ2) is 2.64. The molecule has 0 bridgehead atoms. The van der Waals surface area contributed by atoms with Crippen LogP contribution in [0.25, 0.3) is 0 Å². The number of fused-ring (bicyclic) bond motifs is 1. The van der Waals surface area contributed by atoms with Gasteiger partial charge in [0.25, 0.3) is 0 Å². The van der Waals surface area contributed by atoms with Crippen molar-refractivity contribution in [3.8, 4) is 11.5 Å². The van der Waals surface area contributed by atoms with Crippen LogP contribution in [0.15, 0.2) is 16.6 Å². The second-order valence-electron chi connectivity index (χ2n) is 2.76. The van der Waals surface area contributed by atoms with E-state index in [1.165, 1.54) is 0 Å². The highest BCUT2D eigenvalue weighted by Gasteiger charge is 2.23. The van der Waals surface area contributed by atoms with E-state index in [4.69, 9.17) is 10.5 Å². The maximum atomic E-state index is 9.42. The number of rotatable bonds is 0. The zero-order chi connectivity index (χ0) is 8.72. The molecule has 0 radical (unpaired) electrons. The van der Waals surface area contributed by atoms with Crippen LogP contribution in [0, 0.1) is 0 Å². The molecule has 1 aromatic rings. The van der Waals surface area contributed by atoms with Gasteiger partial charge in [-0.2, -0.15) is 0 Å². The van der Waals surface area contributed by atoms with E-state index in [1.807, 2.05) is 6.07 Å². The minimum atomic E-state index is -0.122. The Labute approximate surface area is 78.3 Å². The number of hydrogen-bond donors (Lipinski definition) is 2. The third-order valence-corrected chi connectivity index (χ3v) is 2.33. The van der Waals surface area contributed by atoms with Crippen molar-refractivity contribution in [2.75, 3.05) is 6.61 Å². The molecule has 0 aromatic heterocycles. The molecule has 0 amide bonds. The SMILES string of the molecule is NC1COc2c(O)cc(Br)cc21. The summed E-state index contributed by atoms with van der Waals surface area (Å²) >= 11 is 3.27. The molecule has 0 fully saturated rings. The van der Waals surface area contributed by atoms with Gasteiger partial charge >= 0.3 is 0 Å². The first-order chi connectivity index (χ1) is 5.68. The molecule has 3 nitrogen and oxygen atoms in total. The van der Waals surface area contributed by atoms with Crippen LogP contribution in [-0.2, 0) is 0 Å². The summed E-state index contributed by atoms with van der Waals surface area (Å²) < 4.78 is 6.02. The molecule has 0 aliphatic carbocycles. The van der Waals surface area contributed by atoms with E-state index < -0.39 is 0 Å². The number of phenolic OH excluding ortho intramolecular Hbond substituents is 1. The summed E-state index contributed by atoms with van der Waals surface area (Å²) in [5, 5.41) is 9.42. The van der Waals surface area contributed by atoms with Crippen molar-refractivity contribution in [2.24, 2.45) is 5.73 Å². The van der Waals surface area contributed by atoms with Gasteiger partial charge in [0.2, 0.25) is 0 Å². The third kappa shape index (κ3) is 1.07. The number of halogens is 1. The number of aromatic hydroxyl groups is 1. The average Bonchev–Trinajstić information content (AvgIpc) is 2.33. The number of benzene rings is 1. The predicted octanol–water partition coefficient (Wildman–Crippen LogP) is 1.55. The maximum Gasteiger partial charge on any atom is 0.165 e. The van der Waals surface area contributed by atoms with E-state index in [9.17, 15) is 5.11 Å². The van der Waals surface area contributed by atoms with Crippen LogP contribution in [0.1, 0.15) is 11.6 Å². The molecule has 1 aliphatic rings. The summed E-state index contributed by atoms with van der Waals surface area (Å²) in [7, 11) is 0. The molecule has 1 unspecified atom stereocenters. The van der Waals surface area contributed by atoms with E-state index in [0.717, 1.165) is 10.0 Å². The fourth-order valence-electron chi connectivity index (χ4n) is 1.30.